The van der Waals surface area contributed by atoms with Gasteiger partial charge in [0.05, 0.1) is 17.2 Å². The lowest BCUT2D eigenvalue weighted by Gasteiger charge is -2.31. The van der Waals surface area contributed by atoms with Crippen LogP contribution in [0.2, 0.25) is 0 Å². The van der Waals surface area contributed by atoms with Gasteiger partial charge >= 0.3 is 12.0 Å². The van der Waals surface area contributed by atoms with Gasteiger partial charge in [-0.15, -0.1) is 0 Å². The molecule has 0 saturated heterocycles. The second-order valence-electron chi connectivity index (χ2n) is 7.30. The van der Waals surface area contributed by atoms with Crippen molar-refractivity contribution < 1.29 is 19.5 Å². The Kier molecular flexibility index (Phi) is 7.21. The Hall–Kier alpha value is -2.57. The van der Waals surface area contributed by atoms with Crippen LogP contribution in [0.15, 0.2) is 24.3 Å². The third-order valence-corrected chi connectivity index (χ3v) is 5.16. The Balaban J connectivity index is 2.09. The van der Waals surface area contributed by atoms with E-state index in [9.17, 15) is 14.4 Å². The number of anilines is 1. The van der Waals surface area contributed by atoms with Gasteiger partial charge in [0.15, 0.2) is 0 Å². The molecule has 148 valence electrons. The minimum absolute atomic E-state index is 0.0826. The highest BCUT2D eigenvalue weighted by molar-refractivity contribution is 6.03. The van der Waals surface area contributed by atoms with Gasteiger partial charge in [-0.1, -0.05) is 38.3 Å². The summed E-state index contributed by atoms with van der Waals surface area (Å²) in [6.45, 7) is 1.63. The van der Waals surface area contributed by atoms with E-state index in [1.807, 2.05) is 7.05 Å². The molecule has 2 rings (SSSR count). The molecule has 0 heterocycles. The smallest absolute Gasteiger partial charge is 0.321 e. The van der Waals surface area contributed by atoms with E-state index in [4.69, 9.17) is 5.11 Å². The number of hydrogen-bond donors (Lipinski definition) is 2. The number of aliphatic carboxylic acids is 1. The van der Waals surface area contributed by atoms with Crippen LogP contribution in [0, 0.1) is 5.92 Å². The molecule has 0 bridgehead atoms. The standard InChI is InChI=1S/C20H29N3O4/c1-14(19(25)26)13-22(2)20(27)21-17-12-8-7-11-16(17)18(24)23(3)15-9-5-4-6-10-15/h7-8,11-12,14-15H,4-6,9-10,13H2,1-3H3,(H,21,27)(H,25,26). The number of carboxylic acid groups (broad SMARTS) is 1. The zero-order chi connectivity index (χ0) is 20.0. The number of para-hydroxylation sites is 1. The molecule has 1 saturated carbocycles. The average Bonchev–Trinajstić information content (AvgIpc) is 2.67. The van der Waals surface area contributed by atoms with Gasteiger partial charge < -0.3 is 20.2 Å². The summed E-state index contributed by atoms with van der Waals surface area (Å²) in [6.07, 6.45) is 5.49. The molecule has 0 spiro atoms. The molecule has 1 fully saturated rings. The van der Waals surface area contributed by atoms with Crippen molar-refractivity contribution in [1.29, 1.82) is 0 Å². The maximum atomic E-state index is 13.0. The predicted octanol–water partition coefficient (Wildman–Crippen LogP) is 3.28. The molecule has 1 aliphatic carbocycles. The molecule has 7 heteroatoms. The van der Waals surface area contributed by atoms with Crippen molar-refractivity contribution in [2.75, 3.05) is 26.0 Å². The van der Waals surface area contributed by atoms with E-state index in [0.29, 0.717) is 11.3 Å². The number of nitrogens with one attached hydrogen (secondary N) is 1. The van der Waals surface area contributed by atoms with Gasteiger partial charge in [-0.05, 0) is 25.0 Å². The monoisotopic (exact) mass is 375 g/mol. The SMILES string of the molecule is CC(CN(C)C(=O)Nc1ccccc1C(=O)N(C)C1CCCCC1)C(=O)O. The molecule has 0 radical (unpaired) electrons. The van der Waals surface area contributed by atoms with Gasteiger partial charge in [0.25, 0.3) is 5.91 Å². The highest BCUT2D eigenvalue weighted by Crippen LogP contribution is 2.25. The van der Waals surface area contributed by atoms with E-state index in [2.05, 4.69) is 5.32 Å². The zero-order valence-electron chi connectivity index (χ0n) is 16.3. The quantitative estimate of drug-likeness (QED) is 0.798. The van der Waals surface area contributed by atoms with Gasteiger partial charge in [0.2, 0.25) is 0 Å². The number of carbonyl (C=O) groups is 3. The van der Waals surface area contributed by atoms with E-state index < -0.39 is 17.9 Å². The van der Waals surface area contributed by atoms with Crippen LogP contribution in [0.25, 0.3) is 0 Å². The number of carbonyl (C=O) groups excluding carboxylic acids is 2. The number of hydrogen-bond acceptors (Lipinski definition) is 3. The van der Waals surface area contributed by atoms with Gasteiger partial charge in [0, 0.05) is 26.7 Å². The minimum atomic E-state index is -0.959. The largest absolute Gasteiger partial charge is 0.481 e. The van der Waals surface area contributed by atoms with Crippen LogP contribution in [0.5, 0.6) is 0 Å². The highest BCUT2D eigenvalue weighted by Gasteiger charge is 2.25. The average molecular weight is 375 g/mol. The Morgan fingerprint density at radius 2 is 1.78 bits per heavy atom. The zero-order valence-corrected chi connectivity index (χ0v) is 16.3. The molecule has 1 aromatic carbocycles. The number of urea groups is 1. The topological polar surface area (TPSA) is 90.0 Å². The summed E-state index contributed by atoms with van der Waals surface area (Å²) in [5.41, 5.74) is 0.878. The third kappa shape index (κ3) is 5.45. The summed E-state index contributed by atoms with van der Waals surface area (Å²) in [6, 6.07) is 6.71. The molecule has 2 N–H and O–H groups in total. The molecule has 7 nitrogen and oxygen atoms in total. The van der Waals surface area contributed by atoms with E-state index in [-0.39, 0.29) is 18.5 Å². The summed E-state index contributed by atoms with van der Waals surface area (Å²) in [5, 5.41) is 11.7. The number of rotatable bonds is 6. The van der Waals surface area contributed by atoms with Crippen molar-refractivity contribution in [1.82, 2.24) is 9.80 Å². The van der Waals surface area contributed by atoms with Gasteiger partial charge in [-0.3, -0.25) is 9.59 Å². The van der Waals surface area contributed by atoms with Crippen LogP contribution >= 0.6 is 0 Å². The highest BCUT2D eigenvalue weighted by atomic mass is 16.4. The summed E-state index contributed by atoms with van der Waals surface area (Å²) < 4.78 is 0. The van der Waals surface area contributed by atoms with Crippen molar-refractivity contribution in [3.63, 3.8) is 0 Å². The van der Waals surface area contributed by atoms with Crippen molar-refractivity contribution >= 4 is 23.6 Å². The number of amides is 3. The van der Waals surface area contributed by atoms with Crippen molar-refractivity contribution in [2.24, 2.45) is 5.92 Å². The first-order chi connectivity index (χ1) is 12.8. The number of nitrogens with zero attached hydrogens (tertiary/aromatic N) is 2. The van der Waals surface area contributed by atoms with Crippen LogP contribution in [0.3, 0.4) is 0 Å². The molecule has 0 aliphatic heterocycles. The molecule has 1 aliphatic rings. The molecular weight excluding hydrogens is 346 g/mol. The number of carboxylic acids is 1. The first-order valence-electron chi connectivity index (χ1n) is 9.42. The van der Waals surface area contributed by atoms with Crippen LogP contribution in [-0.4, -0.2) is 59.5 Å². The van der Waals surface area contributed by atoms with Gasteiger partial charge in [-0.25, -0.2) is 4.79 Å². The second kappa shape index (κ2) is 9.39. The fraction of sp³-hybridized carbons (Fsp3) is 0.550. The summed E-state index contributed by atoms with van der Waals surface area (Å²) in [5.74, 6) is -1.74. The van der Waals surface area contributed by atoms with Crippen molar-refractivity contribution in [3.8, 4) is 0 Å². The lowest BCUT2D eigenvalue weighted by atomic mass is 9.94. The molecule has 1 aromatic rings. The Bertz CT molecular complexity index is 686. The second-order valence-corrected chi connectivity index (χ2v) is 7.30. The van der Waals surface area contributed by atoms with E-state index in [1.165, 1.54) is 18.4 Å². The van der Waals surface area contributed by atoms with E-state index in [1.54, 1.807) is 36.1 Å². The summed E-state index contributed by atoms with van der Waals surface area (Å²) in [7, 11) is 3.35. The third-order valence-electron chi connectivity index (χ3n) is 5.16. The van der Waals surface area contributed by atoms with Crippen LogP contribution < -0.4 is 5.32 Å². The van der Waals surface area contributed by atoms with Gasteiger partial charge in [0.1, 0.15) is 0 Å². The molecule has 27 heavy (non-hydrogen) atoms. The Labute approximate surface area is 160 Å². The summed E-state index contributed by atoms with van der Waals surface area (Å²) in [4.78, 5) is 39.4. The summed E-state index contributed by atoms with van der Waals surface area (Å²) >= 11 is 0. The molecule has 1 atom stereocenters. The maximum Gasteiger partial charge on any atom is 0.321 e. The minimum Gasteiger partial charge on any atom is -0.481 e. The molecule has 1 unspecified atom stereocenters. The fourth-order valence-corrected chi connectivity index (χ4v) is 3.39. The molecule has 0 aromatic heterocycles. The Morgan fingerprint density at radius 1 is 1.15 bits per heavy atom. The number of benzene rings is 1. The van der Waals surface area contributed by atoms with Crippen LogP contribution in [0.4, 0.5) is 10.5 Å². The Morgan fingerprint density at radius 3 is 2.41 bits per heavy atom. The van der Waals surface area contributed by atoms with Crippen LogP contribution in [-0.2, 0) is 4.79 Å². The molecular formula is C20H29N3O4. The van der Waals surface area contributed by atoms with E-state index >= 15 is 0 Å². The maximum absolute atomic E-state index is 13.0. The first-order valence-corrected chi connectivity index (χ1v) is 9.42. The van der Waals surface area contributed by atoms with E-state index in [0.717, 1.165) is 25.7 Å². The normalized spacial score (nSPS) is 15.7. The van der Waals surface area contributed by atoms with Crippen molar-refractivity contribution in [3.05, 3.63) is 29.8 Å². The van der Waals surface area contributed by atoms with Crippen molar-refractivity contribution in [2.45, 2.75) is 45.1 Å². The fourth-order valence-electron chi connectivity index (χ4n) is 3.39. The van der Waals surface area contributed by atoms with Crippen LogP contribution in [0.1, 0.15) is 49.4 Å². The first kappa shape index (κ1) is 20.7. The predicted molar refractivity (Wildman–Crippen MR) is 104 cm³/mol. The lowest BCUT2D eigenvalue weighted by Crippen LogP contribution is -2.39. The molecule has 3 amide bonds. The lowest BCUT2D eigenvalue weighted by molar-refractivity contribution is -0.141. The van der Waals surface area contributed by atoms with Gasteiger partial charge in [-0.2, -0.15) is 0 Å².